The third kappa shape index (κ3) is 11.8. The fourth-order valence-electron chi connectivity index (χ4n) is 12.7. The third-order valence-electron chi connectivity index (χ3n) is 18.3. The fourth-order valence-corrected chi connectivity index (χ4v) is 12.7. The highest BCUT2D eigenvalue weighted by Gasteiger charge is 2.44. The maximum Gasteiger partial charge on any atom is 0.256 e. The van der Waals surface area contributed by atoms with Gasteiger partial charge in [-0.15, -0.1) is 0 Å². The molecule has 0 fully saturated rings. The lowest BCUT2D eigenvalue weighted by Gasteiger charge is -2.42. The van der Waals surface area contributed by atoms with Crippen LogP contribution in [0.25, 0.3) is 11.1 Å². The summed E-state index contributed by atoms with van der Waals surface area (Å²) in [5.41, 5.74) is 24.3. The van der Waals surface area contributed by atoms with Crippen LogP contribution >= 0.6 is 0 Å². The average Bonchev–Trinajstić information content (AvgIpc) is 0.731. The van der Waals surface area contributed by atoms with Crippen molar-refractivity contribution in [2.24, 2.45) is 0 Å². The van der Waals surface area contributed by atoms with Crippen molar-refractivity contribution in [2.45, 2.75) is 183 Å². The van der Waals surface area contributed by atoms with E-state index in [9.17, 15) is 0 Å². The van der Waals surface area contributed by atoms with Gasteiger partial charge in [-0.3, -0.25) is 0 Å². The molecule has 2 heterocycles. The number of hydrogen-bond donors (Lipinski definition) is 0. The summed E-state index contributed by atoms with van der Waals surface area (Å²) in [6.07, 6.45) is 0. The molecule has 2 aliphatic heterocycles. The zero-order valence-corrected chi connectivity index (χ0v) is 56.2. The van der Waals surface area contributed by atoms with Gasteiger partial charge >= 0.3 is 0 Å². The lowest BCUT2D eigenvalue weighted by atomic mass is 9.33. The molecule has 0 spiro atoms. The molecule has 2 aliphatic rings. The number of ether oxygens (including phenoxy) is 1. The van der Waals surface area contributed by atoms with Gasteiger partial charge in [0.05, 0.1) is 11.4 Å². The Morgan fingerprint density at radius 2 is 0.644 bits per heavy atom. The van der Waals surface area contributed by atoms with Crippen LogP contribution in [0.1, 0.15) is 184 Å². The van der Waals surface area contributed by atoms with Gasteiger partial charge < -0.3 is 19.4 Å². The van der Waals surface area contributed by atoms with Crippen molar-refractivity contribution in [3.63, 3.8) is 0 Å². The van der Waals surface area contributed by atoms with Crippen LogP contribution in [0.2, 0.25) is 0 Å². The first kappa shape index (κ1) is 60.9. The summed E-state index contributed by atoms with van der Waals surface area (Å²) in [5.74, 6) is 1.75. The molecule has 0 unspecified atom stereocenters. The second kappa shape index (κ2) is 21.5. The zero-order chi connectivity index (χ0) is 62.7. The lowest BCUT2D eigenvalue weighted by Crippen LogP contribution is -2.60. The van der Waals surface area contributed by atoms with Crippen LogP contribution in [-0.2, 0) is 37.9 Å². The Kier molecular flexibility index (Phi) is 15.1. The molecule has 0 bridgehead atoms. The summed E-state index contributed by atoms with van der Waals surface area (Å²) in [6.45, 7) is 48.3. The van der Waals surface area contributed by atoms with E-state index in [2.05, 4.69) is 348 Å². The Morgan fingerprint density at radius 1 is 0.310 bits per heavy atom. The van der Waals surface area contributed by atoms with Crippen LogP contribution < -0.4 is 35.8 Å². The Bertz CT molecular complexity index is 3760. The molecule has 11 rings (SSSR count). The first-order valence-corrected chi connectivity index (χ1v) is 31.8. The molecule has 0 radical (unpaired) electrons. The highest BCUT2D eigenvalue weighted by molar-refractivity contribution is 6.99. The van der Waals surface area contributed by atoms with Crippen molar-refractivity contribution >= 4 is 74.3 Å². The molecule has 9 aromatic carbocycles. The van der Waals surface area contributed by atoms with Crippen molar-refractivity contribution in [1.82, 2.24) is 0 Å². The molecule has 9 aromatic rings. The van der Waals surface area contributed by atoms with Crippen LogP contribution in [-0.4, -0.2) is 6.71 Å². The Labute approximate surface area is 523 Å². The van der Waals surface area contributed by atoms with E-state index in [0.717, 1.165) is 68.1 Å². The molecule has 0 saturated carbocycles. The highest BCUT2D eigenvalue weighted by atomic mass is 16.5. The van der Waals surface area contributed by atoms with E-state index >= 15 is 0 Å². The summed E-state index contributed by atoms with van der Waals surface area (Å²) < 4.78 is 7.58. The van der Waals surface area contributed by atoms with E-state index in [-0.39, 0.29) is 44.6 Å². The first-order chi connectivity index (χ1) is 40.6. The molecule has 0 aromatic heterocycles. The smallest absolute Gasteiger partial charge is 0.256 e. The SMILES string of the molecule is CC(C)(C)c1ccc(N(c2ccc(C(C)(C)C)cc2)c2cccc(N(c3ccc(C(C)(C)C)cc3)c3ccc(C(C)(C)C)cc3)c2-c2cc3c4c(c2)N(c2ccc(C(C)(C)C)cc2)c2ccc(C(C)(C)C)cc2B4c2cc(C(C)(C)C)ccc2O3)cc1. The molecule has 446 valence electrons. The number of rotatable bonds is 8. The molecule has 0 atom stereocenters. The Morgan fingerprint density at radius 3 is 1.01 bits per heavy atom. The van der Waals surface area contributed by atoms with E-state index < -0.39 is 0 Å². The third-order valence-corrected chi connectivity index (χ3v) is 18.3. The van der Waals surface area contributed by atoms with Crippen LogP contribution in [0, 0.1) is 0 Å². The minimum atomic E-state index is -0.106. The summed E-state index contributed by atoms with van der Waals surface area (Å²) in [5, 5.41) is 0. The van der Waals surface area contributed by atoms with Crippen molar-refractivity contribution in [3.05, 3.63) is 227 Å². The molecule has 0 saturated heterocycles. The number of benzene rings is 9. The largest absolute Gasteiger partial charge is 0.458 e. The molecular weight excluding hydrogens is 1050 g/mol. The van der Waals surface area contributed by atoms with Crippen LogP contribution in [0.3, 0.4) is 0 Å². The predicted octanol–water partition coefficient (Wildman–Crippen LogP) is 21.8. The molecule has 4 nitrogen and oxygen atoms in total. The van der Waals surface area contributed by atoms with Gasteiger partial charge in [0.15, 0.2) is 0 Å². The Balaban J connectivity index is 1.28. The van der Waals surface area contributed by atoms with Crippen molar-refractivity contribution in [1.29, 1.82) is 0 Å². The van der Waals surface area contributed by atoms with Gasteiger partial charge in [-0.05, 0) is 196 Å². The summed E-state index contributed by atoms with van der Waals surface area (Å²) in [6, 6.07) is 72.5. The van der Waals surface area contributed by atoms with Crippen LogP contribution in [0.4, 0.5) is 51.2 Å². The normalized spacial score (nSPS) is 13.6. The average molecular weight is 1150 g/mol. The standard InChI is InChI=1S/C82H94BN3O/c1-76(2,3)54-25-37-61(38-26-54)84(62-39-27-55(28-40-62)77(4,5)6)69-23-22-24-70(85(63-41-29-56(30-42-63)78(7,8)9)64-43-31-57(32-44-64)79(10,11)12)74(69)53-49-71-75-73(50-53)87-72-48-36-60(82(19,20)21)52-67(72)83(75)66-51-59(81(16,17)18)35-47-68(66)86(71)65-45-33-58(34-46-65)80(13,14)15/h22-52H,1-21H3. The maximum atomic E-state index is 7.58. The van der Waals surface area contributed by atoms with Crippen molar-refractivity contribution in [2.75, 3.05) is 14.7 Å². The number of nitrogens with zero attached hydrogens (tertiary/aromatic N) is 3. The van der Waals surface area contributed by atoms with Gasteiger partial charge in [0.25, 0.3) is 6.71 Å². The van der Waals surface area contributed by atoms with Crippen LogP contribution in [0.15, 0.2) is 188 Å². The van der Waals surface area contributed by atoms with Gasteiger partial charge in [0.1, 0.15) is 11.5 Å². The van der Waals surface area contributed by atoms with E-state index in [1.54, 1.807) is 0 Å². The van der Waals surface area contributed by atoms with Crippen molar-refractivity contribution in [3.8, 4) is 22.6 Å². The van der Waals surface area contributed by atoms with E-state index in [1.165, 1.54) is 61.0 Å². The number of anilines is 9. The molecule has 87 heavy (non-hydrogen) atoms. The number of fused-ring (bicyclic) bond motifs is 4. The Hall–Kier alpha value is -7.76. The molecule has 0 N–H and O–H groups in total. The number of hydrogen-bond acceptors (Lipinski definition) is 4. The van der Waals surface area contributed by atoms with Gasteiger partial charge in [-0.1, -0.05) is 236 Å². The quantitative estimate of drug-likeness (QED) is 0.141. The maximum absolute atomic E-state index is 7.58. The lowest BCUT2D eigenvalue weighted by molar-refractivity contribution is 0.486. The van der Waals surface area contributed by atoms with Gasteiger partial charge in [-0.2, -0.15) is 0 Å². The van der Waals surface area contributed by atoms with E-state index in [0.29, 0.717) is 0 Å². The van der Waals surface area contributed by atoms with E-state index in [1.807, 2.05) is 0 Å². The molecule has 0 amide bonds. The molecular formula is C82H94BN3O. The topological polar surface area (TPSA) is 19.0 Å². The second-order valence-corrected chi connectivity index (χ2v) is 32.1. The minimum absolute atomic E-state index is 0.0233. The fraction of sp³-hybridized carbons (Fsp3) is 0.341. The molecule has 0 aliphatic carbocycles. The van der Waals surface area contributed by atoms with Crippen molar-refractivity contribution < 1.29 is 4.74 Å². The predicted molar refractivity (Wildman–Crippen MR) is 378 cm³/mol. The van der Waals surface area contributed by atoms with Gasteiger partial charge in [0, 0.05) is 45.4 Å². The monoisotopic (exact) mass is 1150 g/mol. The summed E-state index contributed by atoms with van der Waals surface area (Å²) in [4.78, 5) is 7.52. The molecule has 5 heteroatoms. The van der Waals surface area contributed by atoms with Gasteiger partial charge in [0.2, 0.25) is 0 Å². The second-order valence-electron chi connectivity index (χ2n) is 32.1. The van der Waals surface area contributed by atoms with Crippen LogP contribution in [0.5, 0.6) is 11.5 Å². The summed E-state index contributed by atoms with van der Waals surface area (Å²) in [7, 11) is 0. The summed E-state index contributed by atoms with van der Waals surface area (Å²) >= 11 is 0. The minimum Gasteiger partial charge on any atom is -0.458 e. The van der Waals surface area contributed by atoms with Gasteiger partial charge in [-0.25, -0.2) is 0 Å². The highest BCUT2D eigenvalue weighted by Crippen LogP contribution is 2.53. The van der Waals surface area contributed by atoms with E-state index in [4.69, 9.17) is 4.74 Å². The first-order valence-electron chi connectivity index (χ1n) is 31.8. The zero-order valence-electron chi connectivity index (χ0n) is 56.2.